The van der Waals surface area contributed by atoms with Crippen molar-refractivity contribution in [2.24, 2.45) is 0 Å². The van der Waals surface area contributed by atoms with Crippen LogP contribution in [-0.2, 0) is 27.0 Å². The topological polar surface area (TPSA) is 192 Å². The normalized spacial score (nSPS) is 19.9. The predicted molar refractivity (Wildman–Crippen MR) is 121 cm³/mol. The number of anilines is 1. The minimum absolute atomic E-state index is 0.0522. The molecule has 3 rings (SSSR count). The molecule has 190 valence electrons. The van der Waals surface area contributed by atoms with Gasteiger partial charge in [0.2, 0.25) is 11.0 Å². The fourth-order valence-corrected chi connectivity index (χ4v) is 4.85. The largest absolute Gasteiger partial charge is 0.471 e. The number of ether oxygens (including phenoxy) is 1. The number of phosphoric ester groups is 1. The molecule has 34 heavy (non-hydrogen) atoms. The first-order valence-electron chi connectivity index (χ1n) is 10.2. The van der Waals surface area contributed by atoms with E-state index in [9.17, 15) is 14.5 Å². The van der Waals surface area contributed by atoms with Gasteiger partial charge in [-0.05, 0) is 12.8 Å². The first-order chi connectivity index (χ1) is 16.1. The number of aliphatic hydroxyl groups excluding tert-OH is 2. The third kappa shape index (κ3) is 6.30. The quantitative estimate of drug-likeness (QED) is 0.255. The van der Waals surface area contributed by atoms with Crippen LogP contribution >= 0.6 is 30.8 Å². The number of amides is 1. The first-order valence-corrected chi connectivity index (χ1v) is 13.0. The van der Waals surface area contributed by atoms with Crippen molar-refractivity contribution < 1.29 is 38.6 Å². The van der Waals surface area contributed by atoms with Crippen molar-refractivity contribution in [3.8, 4) is 0 Å². The van der Waals surface area contributed by atoms with Crippen molar-refractivity contribution in [3.05, 3.63) is 21.7 Å². The Bertz CT molecular complexity index is 1050. The monoisotopic (exact) mass is 540 g/mol. The molecule has 5 N–H and O–H groups in total. The summed E-state index contributed by atoms with van der Waals surface area (Å²) in [6, 6.07) is -0.402. The fourth-order valence-electron chi connectivity index (χ4n) is 3.43. The number of carbonyl (C=O) groups excluding carboxylic acids is 1. The molecule has 0 spiro atoms. The van der Waals surface area contributed by atoms with E-state index in [0.29, 0.717) is 41.8 Å². The number of aryl methyl sites for hydroxylation is 1. The number of aliphatic hydroxyl groups is 2. The average molecular weight is 541 g/mol. The van der Waals surface area contributed by atoms with Crippen molar-refractivity contribution in [2.75, 3.05) is 31.7 Å². The Morgan fingerprint density at radius 2 is 2.15 bits per heavy atom. The number of hydrogen-bond donors (Lipinski definition) is 5. The van der Waals surface area contributed by atoms with Gasteiger partial charge in [-0.15, -0.1) is 10.2 Å². The molecular weight excluding hydrogens is 515 g/mol. The van der Waals surface area contributed by atoms with E-state index in [-0.39, 0.29) is 11.0 Å². The lowest BCUT2D eigenvalue weighted by atomic mass is 10.0. The highest BCUT2D eigenvalue weighted by Gasteiger charge is 2.34. The third-order valence-corrected chi connectivity index (χ3v) is 7.16. The second kappa shape index (κ2) is 11.4. The molecule has 0 saturated carbocycles. The van der Waals surface area contributed by atoms with Gasteiger partial charge in [0.15, 0.2) is 0 Å². The maximum absolute atomic E-state index is 13.0. The van der Waals surface area contributed by atoms with Crippen LogP contribution in [0.3, 0.4) is 0 Å². The second-order valence-corrected chi connectivity index (χ2v) is 10.00. The highest BCUT2D eigenvalue weighted by atomic mass is 35.5. The Labute approximate surface area is 203 Å². The maximum atomic E-state index is 13.0. The third-order valence-electron chi connectivity index (χ3n) is 5.20. The summed E-state index contributed by atoms with van der Waals surface area (Å²) in [5, 5.41) is 30.5. The minimum atomic E-state index is -4.80. The molecule has 0 radical (unpaired) electrons. The summed E-state index contributed by atoms with van der Waals surface area (Å²) >= 11 is 7.39. The zero-order valence-corrected chi connectivity index (χ0v) is 20.8. The molecule has 1 aliphatic heterocycles. The summed E-state index contributed by atoms with van der Waals surface area (Å²) in [5.41, 5.74) is 0.386. The Morgan fingerprint density at radius 1 is 1.41 bits per heavy atom. The van der Waals surface area contributed by atoms with Crippen molar-refractivity contribution in [1.82, 2.24) is 25.1 Å². The van der Waals surface area contributed by atoms with Gasteiger partial charge < -0.3 is 35.0 Å². The first kappa shape index (κ1) is 26.9. The smallest absolute Gasteiger partial charge is 0.393 e. The number of nitrogens with zero attached hydrogens (tertiary/aromatic N) is 5. The highest BCUT2D eigenvalue weighted by molar-refractivity contribution is 7.46. The summed E-state index contributed by atoms with van der Waals surface area (Å²) in [6.45, 7) is 1.55. The number of piperidine rings is 1. The standard InChI is InChI=1S/C17H26ClN6O8PS/c1-3-9-13(18)24(8-32-33(28,29)30)14(19-9)15(27)20-10-4-5-23(6-12(10)31-2)17-22-21-16(34-17)11(26)7-25/h10-12,25-26H,3-8H2,1-2H3,(H,20,27)(H2,28,29,30)/t10-,11-,12+/m1/s1. The lowest BCUT2D eigenvalue weighted by Crippen LogP contribution is -2.55. The number of hydrogen-bond acceptors (Lipinski definition) is 11. The molecule has 1 saturated heterocycles. The van der Waals surface area contributed by atoms with Gasteiger partial charge in [-0.25, -0.2) is 9.55 Å². The predicted octanol–water partition coefficient (Wildman–Crippen LogP) is 0.0666. The average Bonchev–Trinajstić information content (AvgIpc) is 3.41. The van der Waals surface area contributed by atoms with Gasteiger partial charge in [-0.1, -0.05) is 29.9 Å². The van der Waals surface area contributed by atoms with Crippen LogP contribution in [-0.4, -0.2) is 84.6 Å². The Hall–Kier alpha value is -1.68. The van der Waals surface area contributed by atoms with Crippen LogP contribution in [0.15, 0.2) is 0 Å². The maximum Gasteiger partial charge on any atom is 0.471 e. The van der Waals surface area contributed by atoms with E-state index in [4.69, 9.17) is 31.2 Å². The van der Waals surface area contributed by atoms with E-state index in [0.717, 1.165) is 15.9 Å². The Balaban J connectivity index is 1.71. The fraction of sp³-hybridized carbons (Fsp3) is 0.647. The number of imidazole rings is 1. The molecule has 2 aromatic heterocycles. The summed E-state index contributed by atoms with van der Waals surface area (Å²) in [5.74, 6) is -0.736. The molecule has 1 amide bonds. The van der Waals surface area contributed by atoms with Crippen LogP contribution in [0.25, 0.3) is 0 Å². The van der Waals surface area contributed by atoms with Gasteiger partial charge in [0.05, 0.1) is 24.4 Å². The van der Waals surface area contributed by atoms with Gasteiger partial charge >= 0.3 is 7.82 Å². The van der Waals surface area contributed by atoms with Gasteiger partial charge in [0, 0.05) is 20.2 Å². The van der Waals surface area contributed by atoms with Crippen molar-refractivity contribution in [2.45, 2.75) is 44.7 Å². The van der Waals surface area contributed by atoms with Gasteiger partial charge in [-0.3, -0.25) is 13.9 Å². The molecule has 3 atom stereocenters. The molecule has 1 aliphatic rings. The van der Waals surface area contributed by atoms with Crippen LogP contribution in [0.1, 0.15) is 40.8 Å². The van der Waals surface area contributed by atoms with Gasteiger partial charge in [0.25, 0.3) is 5.91 Å². The summed E-state index contributed by atoms with van der Waals surface area (Å²) in [6.07, 6.45) is -0.644. The minimum Gasteiger partial charge on any atom is -0.393 e. The molecule has 14 nitrogen and oxygen atoms in total. The molecule has 1 fully saturated rings. The molecule has 0 unspecified atom stereocenters. The highest BCUT2D eigenvalue weighted by Crippen LogP contribution is 2.37. The zero-order chi connectivity index (χ0) is 25.0. The number of carbonyl (C=O) groups is 1. The number of phosphoric acid groups is 1. The Morgan fingerprint density at radius 3 is 2.76 bits per heavy atom. The Kier molecular flexibility index (Phi) is 9.00. The van der Waals surface area contributed by atoms with E-state index in [1.807, 2.05) is 4.90 Å². The van der Waals surface area contributed by atoms with Gasteiger partial charge in [-0.2, -0.15) is 0 Å². The molecule has 0 aromatic carbocycles. The number of rotatable bonds is 10. The van der Waals surface area contributed by atoms with Crippen molar-refractivity contribution in [3.63, 3.8) is 0 Å². The summed E-state index contributed by atoms with van der Waals surface area (Å²) in [4.78, 5) is 37.2. The van der Waals surface area contributed by atoms with E-state index in [1.54, 1.807) is 6.92 Å². The van der Waals surface area contributed by atoms with Crippen LogP contribution in [0.4, 0.5) is 5.13 Å². The van der Waals surface area contributed by atoms with Gasteiger partial charge in [0.1, 0.15) is 23.0 Å². The molecule has 0 bridgehead atoms. The molecule has 0 aliphatic carbocycles. The van der Waals surface area contributed by atoms with E-state index in [2.05, 4.69) is 25.0 Å². The van der Waals surface area contributed by atoms with E-state index >= 15 is 0 Å². The van der Waals surface area contributed by atoms with Crippen LogP contribution in [0, 0.1) is 0 Å². The lowest BCUT2D eigenvalue weighted by Gasteiger charge is -2.37. The second-order valence-electron chi connectivity index (χ2n) is 7.41. The molecule has 3 heterocycles. The summed E-state index contributed by atoms with van der Waals surface area (Å²) in [7, 11) is -3.29. The van der Waals surface area contributed by atoms with Crippen LogP contribution in [0.5, 0.6) is 0 Å². The summed E-state index contributed by atoms with van der Waals surface area (Å²) < 4.78 is 22.3. The van der Waals surface area contributed by atoms with Crippen molar-refractivity contribution in [1.29, 1.82) is 0 Å². The number of nitrogens with one attached hydrogen (secondary N) is 1. The number of aromatic nitrogens is 4. The van der Waals surface area contributed by atoms with E-state index < -0.39 is 45.3 Å². The van der Waals surface area contributed by atoms with Crippen LogP contribution in [0.2, 0.25) is 5.15 Å². The molecule has 2 aromatic rings. The molecule has 17 heteroatoms. The molecular formula is C17H26ClN6O8PS. The lowest BCUT2D eigenvalue weighted by molar-refractivity contribution is 0.0532. The van der Waals surface area contributed by atoms with E-state index in [1.165, 1.54) is 7.11 Å². The zero-order valence-electron chi connectivity index (χ0n) is 18.4. The SMILES string of the molecule is CCc1nc(C(=O)N[C@@H]2CCN(c3nnc([C@H](O)CO)s3)C[C@@H]2OC)n(COP(=O)(O)O)c1Cl. The number of halogens is 1. The van der Waals surface area contributed by atoms with Crippen molar-refractivity contribution >= 4 is 41.8 Å². The number of methoxy groups -OCH3 is 1. The van der Waals surface area contributed by atoms with Crippen LogP contribution < -0.4 is 10.2 Å².